The van der Waals surface area contributed by atoms with Crippen molar-refractivity contribution in [3.63, 3.8) is 0 Å². The van der Waals surface area contributed by atoms with E-state index in [0.29, 0.717) is 0 Å². The maximum Gasteiger partial charge on any atom is 0.0465 e. The highest BCUT2D eigenvalue weighted by Crippen LogP contribution is 1.88. The molecule has 0 amide bonds. The van der Waals surface area contributed by atoms with Crippen molar-refractivity contribution in [2.24, 2.45) is 0 Å². The van der Waals surface area contributed by atoms with Gasteiger partial charge in [-0.3, -0.25) is 0 Å². The fraction of sp³-hybridized carbons (Fsp3) is 1.00. The van der Waals surface area contributed by atoms with Crippen LogP contribution in [-0.4, -0.2) is 26.4 Å². The third kappa shape index (κ3) is 44.5. The Kier molecular flexibility index (Phi) is 38.6. The molecule has 0 saturated heterocycles. The minimum absolute atomic E-state index is 0.924. The number of hydrogen-bond acceptors (Lipinski definition) is 2. The Bertz CT molecular complexity index is 85.1. The average Bonchev–Trinajstić information content (AvgIpc) is 2.37. The second kappa shape index (κ2) is 30.2. The van der Waals surface area contributed by atoms with Gasteiger partial charge in [0, 0.05) is 26.4 Å². The molecular weight excluding hydrogens is 224 g/mol. The van der Waals surface area contributed by atoms with Crippen LogP contribution in [0.4, 0.5) is 0 Å². The largest absolute Gasteiger partial charge is 0.381 e. The first kappa shape index (κ1) is 23.0. The monoisotopic (exact) mass is 262 g/mol. The second-order valence-corrected chi connectivity index (χ2v) is 4.29. The summed E-state index contributed by atoms with van der Waals surface area (Å²) < 4.78 is 10.4. The normalized spacial score (nSPS) is 9.00. The van der Waals surface area contributed by atoms with Crippen LogP contribution in [-0.2, 0) is 9.47 Å². The number of ether oxygens (including phenoxy) is 2. The van der Waals surface area contributed by atoms with E-state index in [2.05, 4.69) is 41.5 Å². The lowest BCUT2D eigenvalue weighted by molar-refractivity contribution is 0.132. The Labute approximate surface area is 116 Å². The maximum atomic E-state index is 5.22. The van der Waals surface area contributed by atoms with Crippen LogP contribution >= 0.6 is 0 Å². The van der Waals surface area contributed by atoms with Gasteiger partial charge in [-0.1, -0.05) is 54.4 Å². The third-order valence-electron chi connectivity index (χ3n) is 1.69. The Morgan fingerprint density at radius 1 is 0.500 bits per heavy atom. The molecule has 0 radical (unpaired) electrons. The van der Waals surface area contributed by atoms with Crippen molar-refractivity contribution in [3.8, 4) is 0 Å². The highest BCUT2D eigenvalue weighted by atomic mass is 16.5. The van der Waals surface area contributed by atoms with Crippen molar-refractivity contribution >= 4 is 0 Å². The Balaban J connectivity index is -0.000000207. The summed E-state index contributed by atoms with van der Waals surface area (Å²) in [7, 11) is 0. The Hall–Kier alpha value is -0.0800. The predicted molar refractivity (Wildman–Crippen MR) is 83.4 cm³/mol. The van der Waals surface area contributed by atoms with Gasteiger partial charge in [0.05, 0.1) is 0 Å². The number of rotatable bonds is 9. The van der Waals surface area contributed by atoms with Crippen molar-refractivity contribution in [2.45, 2.75) is 80.1 Å². The average molecular weight is 262 g/mol. The first-order chi connectivity index (χ1) is 8.74. The van der Waals surface area contributed by atoms with Crippen LogP contribution < -0.4 is 0 Å². The van der Waals surface area contributed by atoms with Gasteiger partial charge in [-0.05, 0) is 25.7 Å². The summed E-state index contributed by atoms with van der Waals surface area (Å²) in [6.07, 6.45) is 7.12. The van der Waals surface area contributed by atoms with Gasteiger partial charge < -0.3 is 9.47 Å². The van der Waals surface area contributed by atoms with Crippen molar-refractivity contribution in [1.82, 2.24) is 0 Å². The van der Waals surface area contributed by atoms with E-state index in [4.69, 9.17) is 9.47 Å². The molecule has 2 nitrogen and oxygen atoms in total. The second-order valence-electron chi connectivity index (χ2n) is 4.29. The van der Waals surface area contributed by atoms with Gasteiger partial charge in [0.2, 0.25) is 0 Å². The van der Waals surface area contributed by atoms with E-state index in [9.17, 15) is 0 Å². The lowest BCUT2D eigenvalue weighted by Crippen LogP contribution is -1.93. The molecule has 0 N–H and O–H groups in total. The van der Waals surface area contributed by atoms with E-state index in [1.165, 1.54) is 19.3 Å². The smallest absolute Gasteiger partial charge is 0.0465 e. The fourth-order valence-electron chi connectivity index (χ4n) is 0.884. The topological polar surface area (TPSA) is 18.5 Å². The highest BCUT2D eigenvalue weighted by molar-refractivity contribution is 4.30. The van der Waals surface area contributed by atoms with Gasteiger partial charge in [0.15, 0.2) is 0 Å². The summed E-state index contributed by atoms with van der Waals surface area (Å²) >= 11 is 0. The van der Waals surface area contributed by atoms with Crippen LogP contribution in [0.2, 0.25) is 0 Å². The number of hydrogen-bond donors (Lipinski definition) is 0. The molecule has 0 aromatic heterocycles. The zero-order valence-corrected chi connectivity index (χ0v) is 13.9. The zero-order valence-electron chi connectivity index (χ0n) is 13.9. The first-order valence-electron chi connectivity index (χ1n) is 7.90. The molecule has 0 aromatic carbocycles. The van der Waals surface area contributed by atoms with E-state index in [0.717, 1.165) is 45.7 Å². The molecule has 0 fully saturated rings. The molecule has 0 aliphatic carbocycles. The minimum atomic E-state index is 0.924. The molecule has 0 saturated carbocycles. The minimum Gasteiger partial charge on any atom is -0.381 e. The first-order valence-corrected chi connectivity index (χ1v) is 7.90. The SMILES string of the molecule is CCC.CCCCOCCC.CCCOCCC. The predicted octanol–water partition coefficient (Wildman–Crippen LogP) is 5.45. The highest BCUT2D eigenvalue weighted by Gasteiger charge is 1.81. The lowest BCUT2D eigenvalue weighted by Gasteiger charge is -1.97. The molecule has 18 heavy (non-hydrogen) atoms. The maximum absolute atomic E-state index is 5.22. The Morgan fingerprint density at radius 2 is 0.833 bits per heavy atom. The van der Waals surface area contributed by atoms with Gasteiger partial charge in [-0.15, -0.1) is 0 Å². The quantitative estimate of drug-likeness (QED) is 0.514. The molecule has 114 valence electrons. The molecule has 0 rings (SSSR count). The summed E-state index contributed by atoms with van der Waals surface area (Å²) in [4.78, 5) is 0. The summed E-state index contributed by atoms with van der Waals surface area (Å²) in [6.45, 7) is 16.5. The van der Waals surface area contributed by atoms with E-state index >= 15 is 0 Å². The fourth-order valence-corrected chi connectivity index (χ4v) is 0.884. The van der Waals surface area contributed by atoms with Gasteiger partial charge in [-0.2, -0.15) is 0 Å². The van der Waals surface area contributed by atoms with E-state index in [-0.39, 0.29) is 0 Å². The van der Waals surface area contributed by atoms with Crippen LogP contribution in [0.3, 0.4) is 0 Å². The third-order valence-corrected chi connectivity index (χ3v) is 1.69. The van der Waals surface area contributed by atoms with Gasteiger partial charge in [-0.25, -0.2) is 0 Å². The van der Waals surface area contributed by atoms with Crippen molar-refractivity contribution in [3.05, 3.63) is 0 Å². The molecule has 0 aliphatic rings. The van der Waals surface area contributed by atoms with Gasteiger partial charge >= 0.3 is 0 Å². The van der Waals surface area contributed by atoms with Crippen LogP contribution in [0.1, 0.15) is 80.1 Å². The molecule has 2 heteroatoms. The number of unbranched alkanes of at least 4 members (excludes halogenated alkanes) is 1. The summed E-state index contributed by atoms with van der Waals surface area (Å²) in [5, 5.41) is 0. The van der Waals surface area contributed by atoms with E-state index in [1.54, 1.807) is 0 Å². The summed E-state index contributed by atoms with van der Waals surface area (Å²) in [5.74, 6) is 0. The van der Waals surface area contributed by atoms with Crippen LogP contribution in [0.15, 0.2) is 0 Å². The van der Waals surface area contributed by atoms with Gasteiger partial charge in [0.25, 0.3) is 0 Å². The molecule has 0 aromatic rings. The molecule has 0 spiro atoms. The molecule has 0 bridgehead atoms. The van der Waals surface area contributed by atoms with E-state index in [1.807, 2.05) is 0 Å². The summed E-state index contributed by atoms with van der Waals surface area (Å²) in [6, 6.07) is 0. The van der Waals surface area contributed by atoms with Crippen LogP contribution in [0.25, 0.3) is 0 Å². The molecular formula is C16H38O2. The van der Waals surface area contributed by atoms with Crippen molar-refractivity contribution in [1.29, 1.82) is 0 Å². The van der Waals surface area contributed by atoms with Crippen LogP contribution in [0.5, 0.6) is 0 Å². The van der Waals surface area contributed by atoms with Crippen molar-refractivity contribution < 1.29 is 9.47 Å². The molecule has 0 aliphatic heterocycles. The lowest BCUT2D eigenvalue weighted by atomic mass is 10.4. The van der Waals surface area contributed by atoms with Gasteiger partial charge in [0.1, 0.15) is 0 Å². The van der Waals surface area contributed by atoms with Crippen molar-refractivity contribution in [2.75, 3.05) is 26.4 Å². The molecule has 0 heterocycles. The Morgan fingerprint density at radius 3 is 1.11 bits per heavy atom. The standard InChI is InChI=1S/C7H16O.C6H14O.C3H8/c1-3-5-7-8-6-4-2;1-3-5-7-6-4-2;1-3-2/h3-7H2,1-2H3;3-6H2,1-2H3;3H2,1-2H3. The zero-order chi connectivity index (χ0) is 14.5. The van der Waals surface area contributed by atoms with E-state index < -0.39 is 0 Å². The van der Waals surface area contributed by atoms with Crippen LogP contribution in [0, 0.1) is 0 Å². The molecule has 0 atom stereocenters. The summed E-state index contributed by atoms with van der Waals surface area (Å²) in [5.41, 5.74) is 0. The molecule has 0 unspecified atom stereocenters.